The zero-order valence-electron chi connectivity index (χ0n) is 13.1. The molecule has 2 aromatic rings. The molecule has 1 aromatic heterocycles. The highest BCUT2D eigenvalue weighted by Gasteiger charge is 2.19. The van der Waals surface area contributed by atoms with Gasteiger partial charge < -0.3 is 4.74 Å². The maximum absolute atomic E-state index is 12.4. The molecule has 1 unspecified atom stereocenters. The van der Waals surface area contributed by atoms with E-state index in [-0.39, 0.29) is 17.5 Å². The summed E-state index contributed by atoms with van der Waals surface area (Å²) >= 11 is 7.29. The number of sulfonamides is 1. The van der Waals surface area contributed by atoms with Gasteiger partial charge in [-0.05, 0) is 36.2 Å². The first-order valence-corrected chi connectivity index (χ1v) is 10.0. The fraction of sp³-hybridized carbons (Fsp3) is 0.375. The minimum absolute atomic E-state index is 0.159. The number of nitrogens with one attached hydrogen (secondary N) is 1. The molecular weight excluding hydrogens is 354 g/mol. The van der Waals surface area contributed by atoms with Crippen molar-refractivity contribution in [1.29, 1.82) is 0 Å². The standard InChI is InChI=1S/C16H20ClNO3S2/c1-3-4-12-5-7-13(8-6-12)23(19,20)18-11-14(21-2)15-9-10-16(17)22-15/h5-10,14,18H,3-4,11H2,1-2H3. The third kappa shape index (κ3) is 5.02. The number of benzene rings is 1. The van der Waals surface area contributed by atoms with Crippen molar-refractivity contribution in [3.05, 3.63) is 51.2 Å². The average Bonchev–Trinajstić information content (AvgIpc) is 2.95. The summed E-state index contributed by atoms with van der Waals surface area (Å²) in [5.41, 5.74) is 1.13. The molecule has 0 radical (unpaired) electrons. The normalized spacial score (nSPS) is 13.2. The van der Waals surface area contributed by atoms with Gasteiger partial charge in [-0.1, -0.05) is 37.1 Å². The van der Waals surface area contributed by atoms with E-state index in [1.807, 2.05) is 18.2 Å². The second-order valence-electron chi connectivity index (χ2n) is 5.11. The molecule has 0 saturated carbocycles. The van der Waals surface area contributed by atoms with Crippen molar-refractivity contribution in [1.82, 2.24) is 4.72 Å². The molecule has 1 heterocycles. The van der Waals surface area contributed by atoms with Crippen LogP contribution in [-0.4, -0.2) is 22.1 Å². The Labute approximate surface area is 146 Å². The van der Waals surface area contributed by atoms with Crippen molar-refractivity contribution in [2.75, 3.05) is 13.7 Å². The Morgan fingerprint density at radius 1 is 1.22 bits per heavy atom. The van der Waals surface area contributed by atoms with Crippen molar-refractivity contribution in [3.8, 4) is 0 Å². The van der Waals surface area contributed by atoms with Gasteiger partial charge in [0.15, 0.2) is 0 Å². The van der Waals surface area contributed by atoms with Gasteiger partial charge in [0.25, 0.3) is 0 Å². The van der Waals surface area contributed by atoms with E-state index in [1.54, 1.807) is 25.3 Å². The number of thiophene rings is 1. The summed E-state index contributed by atoms with van der Waals surface area (Å²) in [7, 11) is -2.01. The van der Waals surface area contributed by atoms with E-state index < -0.39 is 10.0 Å². The topological polar surface area (TPSA) is 55.4 Å². The second-order valence-corrected chi connectivity index (χ2v) is 8.63. The Balaban J connectivity index is 2.05. The summed E-state index contributed by atoms with van der Waals surface area (Å²) in [6, 6.07) is 10.6. The zero-order chi connectivity index (χ0) is 16.9. The largest absolute Gasteiger partial charge is 0.375 e. The first kappa shape index (κ1) is 18.4. The number of ether oxygens (including phenoxy) is 1. The molecule has 0 aliphatic carbocycles. The van der Waals surface area contributed by atoms with Gasteiger partial charge in [0.2, 0.25) is 10.0 Å². The maximum Gasteiger partial charge on any atom is 0.240 e. The lowest BCUT2D eigenvalue weighted by Gasteiger charge is -2.15. The number of aryl methyl sites for hydroxylation is 1. The van der Waals surface area contributed by atoms with Crippen molar-refractivity contribution in [2.24, 2.45) is 0 Å². The van der Waals surface area contributed by atoms with E-state index in [0.717, 1.165) is 23.3 Å². The van der Waals surface area contributed by atoms with Gasteiger partial charge in [0.1, 0.15) is 6.10 Å². The quantitative estimate of drug-likeness (QED) is 0.760. The monoisotopic (exact) mass is 373 g/mol. The van der Waals surface area contributed by atoms with Crippen LogP contribution in [0.5, 0.6) is 0 Å². The van der Waals surface area contributed by atoms with Gasteiger partial charge in [0, 0.05) is 18.5 Å². The van der Waals surface area contributed by atoms with Crippen LogP contribution < -0.4 is 4.72 Å². The van der Waals surface area contributed by atoms with Crippen LogP contribution in [0.3, 0.4) is 0 Å². The van der Waals surface area contributed by atoms with Crippen LogP contribution in [0.4, 0.5) is 0 Å². The Morgan fingerprint density at radius 3 is 2.43 bits per heavy atom. The molecule has 7 heteroatoms. The fourth-order valence-corrected chi connectivity index (χ4v) is 4.36. The van der Waals surface area contributed by atoms with Gasteiger partial charge in [-0.25, -0.2) is 13.1 Å². The van der Waals surface area contributed by atoms with E-state index in [2.05, 4.69) is 11.6 Å². The summed E-state index contributed by atoms with van der Waals surface area (Å²) < 4.78 is 33.3. The SMILES string of the molecule is CCCc1ccc(S(=O)(=O)NCC(OC)c2ccc(Cl)s2)cc1. The Hall–Kier alpha value is -0.920. The van der Waals surface area contributed by atoms with Crippen molar-refractivity contribution >= 4 is 33.0 Å². The van der Waals surface area contributed by atoms with E-state index in [0.29, 0.717) is 4.34 Å². The highest BCUT2D eigenvalue weighted by Crippen LogP contribution is 2.28. The molecule has 126 valence electrons. The third-order valence-electron chi connectivity index (χ3n) is 3.43. The molecular formula is C16H20ClNO3S2. The second kappa shape index (κ2) is 8.26. The number of rotatable bonds is 8. The summed E-state index contributed by atoms with van der Waals surface area (Å²) in [6.07, 6.45) is 1.61. The molecule has 0 spiro atoms. The minimum atomic E-state index is -3.56. The fourth-order valence-electron chi connectivity index (χ4n) is 2.19. The molecule has 2 rings (SSSR count). The number of hydrogen-bond acceptors (Lipinski definition) is 4. The smallest absolute Gasteiger partial charge is 0.240 e. The Morgan fingerprint density at radius 2 is 1.91 bits per heavy atom. The highest BCUT2D eigenvalue weighted by atomic mass is 35.5. The molecule has 23 heavy (non-hydrogen) atoms. The van der Waals surface area contributed by atoms with Gasteiger partial charge in [-0.3, -0.25) is 0 Å². The maximum atomic E-state index is 12.4. The van der Waals surface area contributed by atoms with E-state index >= 15 is 0 Å². The molecule has 0 amide bonds. The summed E-state index contributed by atoms with van der Waals surface area (Å²) in [5.74, 6) is 0. The van der Waals surface area contributed by atoms with Crippen molar-refractivity contribution in [3.63, 3.8) is 0 Å². The minimum Gasteiger partial charge on any atom is -0.375 e. The molecule has 1 N–H and O–H groups in total. The molecule has 4 nitrogen and oxygen atoms in total. The lowest BCUT2D eigenvalue weighted by atomic mass is 10.1. The predicted molar refractivity (Wildman–Crippen MR) is 94.7 cm³/mol. The first-order valence-electron chi connectivity index (χ1n) is 7.33. The summed E-state index contributed by atoms with van der Waals surface area (Å²) in [4.78, 5) is 1.15. The molecule has 0 aliphatic rings. The van der Waals surface area contributed by atoms with Crippen molar-refractivity contribution in [2.45, 2.75) is 30.8 Å². The van der Waals surface area contributed by atoms with E-state index in [1.165, 1.54) is 11.3 Å². The predicted octanol–water partition coefficient (Wildman–Crippen LogP) is 4.02. The summed E-state index contributed by atoms with van der Waals surface area (Å²) in [6.45, 7) is 2.25. The van der Waals surface area contributed by atoms with Crippen molar-refractivity contribution < 1.29 is 13.2 Å². The lowest BCUT2D eigenvalue weighted by molar-refractivity contribution is 0.110. The van der Waals surface area contributed by atoms with Crippen LogP contribution in [0, 0.1) is 0 Å². The van der Waals surface area contributed by atoms with Crippen LogP contribution in [0.2, 0.25) is 4.34 Å². The summed E-state index contributed by atoms with van der Waals surface area (Å²) in [5, 5.41) is 0. The van der Waals surface area contributed by atoms with Crippen LogP contribution >= 0.6 is 22.9 Å². The number of hydrogen-bond donors (Lipinski definition) is 1. The Bertz CT molecular complexity index is 726. The molecule has 0 bridgehead atoms. The van der Waals surface area contributed by atoms with Gasteiger partial charge in [-0.2, -0.15) is 0 Å². The lowest BCUT2D eigenvalue weighted by Crippen LogP contribution is -2.29. The molecule has 0 saturated heterocycles. The molecule has 1 aromatic carbocycles. The van der Waals surface area contributed by atoms with Gasteiger partial charge in [-0.15, -0.1) is 11.3 Å². The molecule has 0 fully saturated rings. The highest BCUT2D eigenvalue weighted by molar-refractivity contribution is 7.89. The average molecular weight is 374 g/mol. The van der Waals surface area contributed by atoms with Gasteiger partial charge >= 0.3 is 0 Å². The zero-order valence-corrected chi connectivity index (χ0v) is 15.5. The van der Waals surface area contributed by atoms with E-state index in [4.69, 9.17) is 16.3 Å². The number of halogens is 1. The van der Waals surface area contributed by atoms with Crippen LogP contribution in [-0.2, 0) is 21.2 Å². The number of methoxy groups -OCH3 is 1. The van der Waals surface area contributed by atoms with Crippen LogP contribution in [0.15, 0.2) is 41.3 Å². The molecule has 1 atom stereocenters. The Kier molecular flexibility index (Phi) is 6.61. The molecule has 0 aliphatic heterocycles. The van der Waals surface area contributed by atoms with Gasteiger partial charge in [0.05, 0.1) is 9.23 Å². The third-order valence-corrected chi connectivity index (χ3v) is 6.19. The van der Waals surface area contributed by atoms with E-state index in [9.17, 15) is 8.42 Å². The first-order chi connectivity index (χ1) is 11.0. The van der Waals surface area contributed by atoms with Crippen LogP contribution in [0.25, 0.3) is 0 Å². The van der Waals surface area contributed by atoms with Crippen LogP contribution in [0.1, 0.15) is 29.9 Å².